The van der Waals surface area contributed by atoms with Crippen molar-refractivity contribution in [2.24, 2.45) is 10.9 Å². The fraction of sp³-hybridized carbons (Fsp3) is 0.632. The molecule has 5 nitrogen and oxygen atoms in total. The smallest absolute Gasteiger partial charge is 0.191 e. The number of hydrogen-bond donors (Lipinski definition) is 3. The van der Waals surface area contributed by atoms with Crippen LogP contribution in [0.3, 0.4) is 0 Å². The van der Waals surface area contributed by atoms with Crippen LogP contribution in [0.5, 0.6) is 5.75 Å². The number of benzene rings is 1. The molecular formula is C19H32IN3O2. The van der Waals surface area contributed by atoms with Gasteiger partial charge < -0.3 is 20.5 Å². The Morgan fingerprint density at radius 1 is 1.32 bits per heavy atom. The fourth-order valence-electron chi connectivity index (χ4n) is 3.05. The number of ether oxygens (including phenoxy) is 1. The molecule has 0 radical (unpaired) electrons. The Bertz CT molecular complexity index is 531. The summed E-state index contributed by atoms with van der Waals surface area (Å²) >= 11 is 0. The summed E-state index contributed by atoms with van der Waals surface area (Å²) in [6.07, 6.45) is 4.27. The average molecular weight is 461 g/mol. The monoisotopic (exact) mass is 461 g/mol. The van der Waals surface area contributed by atoms with E-state index in [1.165, 1.54) is 25.7 Å². The number of halogens is 1. The van der Waals surface area contributed by atoms with E-state index in [2.05, 4.69) is 29.5 Å². The van der Waals surface area contributed by atoms with Crippen molar-refractivity contribution in [2.45, 2.75) is 51.7 Å². The summed E-state index contributed by atoms with van der Waals surface area (Å²) in [5, 5.41) is 17.2. The lowest BCUT2D eigenvalue weighted by atomic mass is 9.87. The van der Waals surface area contributed by atoms with Gasteiger partial charge in [0.2, 0.25) is 0 Å². The largest absolute Gasteiger partial charge is 0.497 e. The summed E-state index contributed by atoms with van der Waals surface area (Å²) in [5.74, 6) is 2.37. The third-order valence-electron chi connectivity index (χ3n) is 4.60. The molecule has 0 heterocycles. The minimum atomic E-state index is -0.637. The summed E-state index contributed by atoms with van der Waals surface area (Å²) in [6, 6.07) is 7.98. The maximum atomic E-state index is 10.4. The molecule has 3 N–H and O–H groups in total. The number of aliphatic hydroxyl groups excluding tert-OH is 1. The second-order valence-corrected chi connectivity index (χ2v) is 6.61. The zero-order valence-corrected chi connectivity index (χ0v) is 17.8. The molecule has 1 aliphatic rings. The summed E-state index contributed by atoms with van der Waals surface area (Å²) < 4.78 is 5.21. The Balaban J connectivity index is 0.00000312. The molecule has 25 heavy (non-hydrogen) atoms. The zero-order chi connectivity index (χ0) is 17.4. The van der Waals surface area contributed by atoms with E-state index in [4.69, 9.17) is 4.74 Å². The van der Waals surface area contributed by atoms with Gasteiger partial charge in [0.05, 0.1) is 19.8 Å². The quantitative estimate of drug-likeness (QED) is 0.345. The predicted molar refractivity (Wildman–Crippen MR) is 114 cm³/mol. The zero-order valence-electron chi connectivity index (χ0n) is 15.5. The van der Waals surface area contributed by atoms with E-state index in [0.29, 0.717) is 12.6 Å². The van der Waals surface area contributed by atoms with E-state index in [9.17, 15) is 5.11 Å². The molecule has 6 heteroatoms. The molecule has 0 aliphatic heterocycles. The third-order valence-corrected chi connectivity index (χ3v) is 4.60. The number of aliphatic hydroxyl groups is 1. The molecule has 2 rings (SSSR count). The van der Waals surface area contributed by atoms with Gasteiger partial charge in [0, 0.05) is 12.6 Å². The van der Waals surface area contributed by atoms with E-state index in [0.717, 1.165) is 29.7 Å². The number of guanidine groups is 1. The normalized spacial score (nSPS) is 21.8. The number of methoxy groups -OCH3 is 1. The summed E-state index contributed by atoms with van der Waals surface area (Å²) in [7, 11) is 1.63. The molecule has 1 fully saturated rings. The van der Waals surface area contributed by atoms with Crippen LogP contribution in [-0.2, 0) is 0 Å². The Kier molecular flexibility index (Phi) is 10.2. The number of nitrogens with one attached hydrogen (secondary N) is 2. The molecular weight excluding hydrogens is 429 g/mol. The van der Waals surface area contributed by atoms with Gasteiger partial charge in [0.25, 0.3) is 0 Å². The molecule has 1 saturated carbocycles. The molecule has 142 valence electrons. The highest BCUT2D eigenvalue weighted by Gasteiger charge is 2.19. The van der Waals surface area contributed by atoms with Crippen LogP contribution in [0.1, 0.15) is 51.2 Å². The van der Waals surface area contributed by atoms with Crippen molar-refractivity contribution in [3.8, 4) is 5.75 Å². The topological polar surface area (TPSA) is 65.9 Å². The van der Waals surface area contributed by atoms with Crippen molar-refractivity contribution in [1.29, 1.82) is 0 Å². The van der Waals surface area contributed by atoms with Gasteiger partial charge >= 0.3 is 0 Å². The molecule has 1 aromatic carbocycles. The van der Waals surface area contributed by atoms with Crippen LogP contribution < -0.4 is 15.4 Å². The predicted octanol–water partition coefficient (Wildman–Crippen LogP) is 3.48. The van der Waals surface area contributed by atoms with E-state index in [1.54, 1.807) is 7.11 Å². The molecule has 0 amide bonds. The Morgan fingerprint density at radius 2 is 2.04 bits per heavy atom. The fourth-order valence-corrected chi connectivity index (χ4v) is 3.05. The highest BCUT2D eigenvalue weighted by Crippen LogP contribution is 2.23. The standard InChI is InChI=1S/C19H31N3O2.HI/c1-4-20-19(22-16-10-8-14(2)9-11-16)21-13-18(23)15-6-5-7-17(12-15)24-3;/h5-7,12,14,16,18,23H,4,8-11,13H2,1-3H3,(H2,20,21,22);1H. The number of hydrogen-bond acceptors (Lipinski definition) is 3. The maximum Gasteiger partial charge on any atom is 0.191 e. The average Bonchev–Trinajstić information content (AvgIpc) is 2.61. The maximum absolute atomic E-state index is 10.4. The van der Waals surface area contributed by atoms with Crippen LogP contribution in [0.15, 0.2) is 29.3 Å². The first-order valence-electron chi connectivity index (χ1n) is 8.99. The minimum absolute atomic E-state index is 0. The molecule has 1 atom stereocenters. The van der Waals surface area contributed by atoms with Gasteiger partial charge in [-0.1, -0.05) is 19.1 Å². The second kappa shape index (κ2) is 11.6. The summed E-state index contributed by atoms with van der Waals surface area (Å²) in [4.78, 5) is 4.56. The van der Waals surface area contributed by atoms with Crippen LogP contribution in [0, 0.1) is 5.92 Å². The Morgan fingerprint density at radius 3 is 2.68 bits per heavy atom. The van der Waals surface area contributed by atoms with Crippen LogP contribution in [0.2, 0.25) is 0 Å². The lowest BCUT2D eigenvalue weighted by Crippen LogP contribution is -2.45. The molecule has 0 spiro atoms. The summed E-state index contributed by atoms with van der Waals surface area (Å²) in [6.45, 7) is 5.51. The number of aliphatic imine (C=N–C) groups is 1. The van der Waals surface area contributed by atoms with Crippen molar-refractivity contribution in [3.63, 3.8) is 0 Å². The van der Waals surface area contributed by atoms with Crippen molar-refractivity contribution < 1.29 is 9.84 Å². The van der Waals surface area contributed by atoms with E-state index < -0.39 is 6.10 Å². The lowest BCUT2D eigenvalue weighted by Gasteiger charge is -2.28. The highest BCUT2D eigenvalue weighted by atomic mass is 127. The minimum Gasteiger partial charge on any atom is -0.497 e. The van der Waals surface area contributed by atoms with Gasteiger partial charge in [-0.3, -0.25) is 4.99 Å². The van der Waals surface area contributed by atoms with Crippen LogP contribution >= 0.6 is 24.0 Å². The Hall–Kier alpha value is -1.02. The van der Waals surface area contributed by atoms with E-state index >= 15 is 0 Å². The highest BCUT2D eigenvalue weighted by molar-refractivity contribution is 14.0. The van der Waals surface area contributed by atoms with E-state index in [1.807, 2.05) is 24.3 Å². The lowest BCUT2D eigenvalue weighted by molar-refractivity contribution is 0.186. The van der Waals surface area contributed by atoms with Crippen molar-refractivity contribution in [2.75, 3.05) is 20.2 Å². The molecule has 1 unspecified atom stereocenters. The van der Waals surface area contributed by atoms with Gasteiger partial charge in [0.15, 0.2) is 5.96 Å². The molecule has 0 bridgehead atoms. The van der Waals surface area contributed by atoms with Gasteiger partial charge in [0.1, 0.15) is 5.75 Å². The van der Waals surface area contributed by atoms with Gasteiger partial charge in [-0.15, -0.1) is 24.0 Å². The molecule has 0 aromatic heterocycles. The second-order valence-electron chi connectivity index (χ2n) is 6.61. The summed E-state index contributed by atoms with van der Waals surface area (Å²) in [5.41, 5.74) is 0.820. The van der Waals surface area contributed by atoms with Crippen molar-refractivity contribution in [1.82, 2.24) is 10.6 Å². The molecule has 1 aliphatic carbocycles. The van der Waals surface area contributed by atoms with Crippen molar-refractivity contribution in [3.05, 3.63) is 29.8 Å². The number of rotatable bonds is 6. The van der Waals surface area contributed by atoms with Crippen LogP contribution in [0.25, 0.3) is 0 Å². The third kappa shape index (κ3) is 7.40. The molecule has 1 aromatic rings. The Labute approximate surface area is 168 Å². The van der Waals surface area contributed by atoms with Gasteiger partial charge in [-0.25, -0.2) is 0 Å². The molecule has 0 saturated heterocycles. The van der Waals surface area contributed by atoms with Crippen LogP contribution in [0.4, 0.5) is 0 Å². The van der Waals surface area contributed by atoms with E-state index in [-0.39, 0.29) is 24.0 Å². The first-order valence-corrected chi connectivity index (χ1v) is 8.99. The first kappa shape index (κ1) is 22.0. The first-order chi connectivity index (χ1) is 11.6. The van der Waals surface area contributed by atoms with Gasteiger partial charge in [-0.2, -0.15) is 0 Å². The van der Waals surface area contributed by atoms with Crippen LogP contribution in [-0.4, -0.2) is 37.3 Å². The number of nitrogens with zero attached hydrogens (tertiary/aromatic N) is 1. The van der Waals surface area contributed by atoms with Gasteiger partial charge in [-0.05, 0) is 56.2 Å². The van der Waals surface area contributed by atoms with Crippen molar-refractivity contribution >= 4 is 29.9 Å². The SMILES string of the molecule is CCNC(=NCC(O)c1cccc(OC)c1)NC1CCC(C)CC1.I.